The van der Waals surface area contributed by atoms with Crippen molar-refractivity contribution in [1.82, 2.24) is 14.9 Å². The Morgan fingerprint density at radius 1 is 1.33 bits per heavy atom. The van der Waals surface area contributed by atoms with E-state index in [0.29, 0.717) is 24.7 Å². The lowest BCUT2D eigenvalue weighted by molar-refractivity contribution is -0.146. The zero-order valence-corrected chi connectivity index (χ0v) is 15.6. The van der Waals surface area contributed by atoms with Crippen molar-refractivity contribution in [2.45, 2.75) is 51.2 Å². The molecule has 2 amide bonds. The minimum atomic E-state index is -0.495. The third-order valence-electron chi connectivity index (χ3n) is 6.06. The minimum Gasteiger partial charge on any atom is -0.363 e. The molecule has 0 aromatic carbocycles. The third-order valence-corrected chi connectivity index (χ3v) is 6.06. The Labute approximate surface area is 159 Å². The number of carbonyl (C=O) groups is 2. The molecule has 4 rings (SSSR count). The van der Waals surface area contributed by atoms with Gasteiger partial charge < -0.3 is 15.0 Å². The van der Waals surface area contributed by atoms with Gasteiger partial charge in [-0.1, -0.05) is 19.1 Å². The first-order valence-corrected chi connectivity index (χ1v) is 9.72. The number of hydrogen-bond acceptors (Lipinski definition) is 5. The second-order valence-corrected chi connectivity index (χ2v) is 8.05. The minimum absolute atomic E-state index is 0.0666. The normalized spacial score (nSPS) is 32.8. The van der Waals surface area contributed by atoms with Crippen molar-refractivity contribution in [2.75, 3.05) is 18.4 Å². The molecule has 1 aromatic heterocycles. The summed E-state index contributed by atoms with van der Waals surface area (Å²) in [4.78, 5) is 35.5. The van der Waals surface area contributed by atoms with Gasteiger partial charge in [-0.3, -0.25) is 14.6 Å². The molecule has 2 aliphatic heterocycles. The van der Waals surface area contributed by atoms with E-state index < -0.39 is 6.10 Å². The molecule has 0 radical (unpaired) electrons. The summed E-state index contributed by atoms with van der Waals surface area (Å²) in [6.45, 7) is 3.40. The van der Waals surface area contributed by atoms with E-state index in [9.17, 15) is 9.59 Å². The van der Waals surface area contributed by atoms with E-state index in [2.05, 4.69) is 34.4 Å². The predicted molar refractivity (Wildman–Crippen MR) is 99.7 cm³/mol. The summed E-state index contributed by atoms with van der Waals surface area (Å²) in [6.07, 6.45) is 12.6. The van der Waals surface area contributed by atoms with Gasteiger partial charge in [-0.15, -0.1) is 0 Å². The molecule has 4 atom stereocenters. The fourth-order valence-corrected chi connectivity index (χ4v) is 4.40. The highest BCUT2D eigenvalue weighted by molar-refractivity contribution is 5.93. The second-order valence-electron chi connectivity index (χ2n) is 8.05. The molecular weight excluding hydrogens is 344 g/mol. The van der Waals surface area contributed by atoms with E-state index in [1.807, 2.05) is 4.90 Å². The van der Waals surface area contributed by atoms with E-state index in [1.54, 1.807) is 6.20 Å². The maximum atomic E-state index is 13.1. The molecule has 2 saturated heterocycles. The first-order chi connectivity index (χ1) is 13.0. The number of hydrogen-bond donors (Lipinski definition) is 1. The summed E-state index contributed by atoms with van der Waals surface area (Å²) in [5, 5.41) is 2.76. The fraction of sp³-hybridized carbons (Fsp3) is 0.600. The molecular formula is C20H26N4O3. The molecule has 1 unspecified atom stereocenters. The van der Waals surface area contributed by atoms with Crippen LogP contribution in [0, 0.1) is 11.3 Å². The van der Waals surface area contributed by atoms with Gasteiger partial charge in [-0.2, -0.15) is 0 Å². The predicted octanol–water partition coefficient (Wildman–Crippen LogP) is 2.17. The van der Waals surface area contributed by atoms with Crippen LogP contribution in [0.3, 0.4) is 0 Å². The van der Waals surface area contributed by atoms with Crippen molar-refractivity contribution in [3.63, 3.8) is 0 Å². The number of aromatic nitrogens is 2. The van der Waals surface area contributed by atoms with Crippen molar-refractivity contribution in [3.8, 4) is 0 Å². The Bertz CT molecular complexity index is 738. The van der Waals surface area contributed by atoms with Crippen LogP contribution in [0.15, 0.2) is 30.7 Å². The van der Waals surface area contributed by atoms with Crippen molar-refractivity contribution in [3.05, 3.63) is 30.7 Å². The van der Waals surface area contributed by atoms with Crippen molar-refractivity contribution in [2.24, 2.45) is 11.3 Å². The summed E-state index contributed by atoms with van der Waals surface area (Å²) >= 11 is 0. The monoisotopic (exact) mass is 370 g/mol. The van der Waals surface area contributed by atoms with E-state index in [-0.39, 0.29) is 23.3 Å². The molecule has 144 valence electrons. The highest BCUT2D eigenvalue weighted by atomic mass is 16.5. The number of nitrogens with zero attached hydrogens (tertiary/aromatic N) is 3. The number of likely N-dealkylation sites (tertiary alicyclic amines) is 1. The lowest BCUT2D eigenvalue weighted by Crippen LogP contribution is -2.50. The lowest BCUT2D eigenvalue weighted by atomic mass is 9.77. The first kappa shape index (κ1) is 18.1. The topological polar surface area (TPSA) is 84.4 Å². The maximum Gasteiger partial charge on any atom is 0.254 e. The summed E-state index contributed by atoms with van der Waals surface area (Å²) in [5.41, 5.74) is -0.303. The first-order valence-electron chi connectivity index (χ1n) is 9.72. The summed E-state index contributed by atoms with van der Waals surface area (Å²) in [6, 6.07) is 0. The highest BCUT2D eigenvalue weighted by Gasteiger charge is 2.45. The maximum absolute atomic E-state index is 13.1. The molecule has 1 aromatic rings. The molecule has 7 heteroatoms. The van der Waals surface area contributed by atoms with Crippen LogP contribution >= 0.6 is 0 Å². The summed E-state index contributed by atoms with van der Waals surface area (Å²) in [5.74, 6) is 0.787. The molecule has 3 heterocycles. The smallest absolute Gasteiger partial charge is 0.254 e. The van der Waals surface area contributed by atoms with Crippen LogP contribution in [-0.2, 0) is 14.3 Å². The number of allylic oxidation sites excluding steroid dienone is 2. The fourth-order valence-electron chi connectivity index (χ4n) is 4.40. The summed E-state index contributed by atoms with van der Waals surface area (Å²) in [7, 11) is 0. The third kappa shape index (κ3) is 3.74. The average molecular weight is 370 g/mol. The quantitative estimate of drug-likeness (QED) is 0.825. The number of nitrogens with one attached hydrogen (secondary N) is 1. The lowest BCUT2D eigenvalue weighted by Gasteiger charge is -2.40. The Hall–Kier alpha value is -2.28. The Morgan fingerprint density at radius 3 is 2.96 bits per heavy atom. The van der Waals surface area contributed by atoms with Gasteiger partial charge in [-0.05, 0) is 38.0 Å². The van der Waals surface area contributed by atoms with Gasteiger partial charge in [0.05, 0.1) is 17.7 Å². The highest BCUT2D eigenvalue weighted by Crippen LogP contribution is 2.38. The number of rotatable bonds is 3. The molecule has 27 heavy (non-hydrogen) atoms. The van der Waals surface area contributed by atoms with Crippen molar-refractivity contribution >= 4 is 17.6 Å². The molecule has 3 aliphatic rings. The van der Waals surface area contributed by atoms with Crippen LogP contribution in [0.4, 0.5) is 5.82 Å². The Kier molecular flexibility index (Phi) is 4.95. The number of piperidine rings is 1. The van der Waals surface area contributed by atoms with Crippen molar-refractivity contribution < 1.29 is 14.3 Å². The SMILES string of the molecule is CC1(C(=O)N2CC[C@H]3C[C@@H](C(=O)Nc4cnccn4)O[C@@H]3C2)CC=CCC1. The van der Waals surface area contributed by atoms with Gasteiger partial charge in [0.1, 0.15) is 6.10 Å². The zero-order valence-electron chi connectivity index (χ0n) is 15.6. The number of anilines is 1. The Balaban J connectivity index is 1.36. The molecule has 7 nitrogen and oxygen atoms in total. The molecule has 1 N–H and O–H groups in total. The molecule has 1 aliphatic carbocycles. The number of amides is 2. The van der Waals surface area contributed by atoms with E-state index in [1.165, 1.54) is 12.4 Å². The van der Waals surface area contributed by atoms with Crippen LogP contribution < -0.4 is 5.32 Å². The van der Waals surface area contributed by atoms with Gasteiger partial charge in [0, 0.05) is 25.5 Å². The standard InChI is InChI=1S/C20H26N4O3/c1-20(6-3-2-4-7-20)19(26)24-10-5-14-11-15(27-16(14)13-24)18(25)23-17-12-21-8-9-22-17/h2-3,8-9,12,14-16H,4-7,10-11,13H2,1H3,(H,22,23,25)/t14-,15-,16+,20?/m0/s1. The number of carbonyl (C=O) groups excluding carboxylic acids is 2. The molecule has 0 bridgehead atoms. The van der Waals surface area contributed by atoms with Gasteiger partial charge in [0.15, 0.2) is 5.82 Å². The van der Waals surface area contributed by atoms with Gasteiger partial charge in [-0.25, -0.2) is 4.98 Å². The average Bonchev–Trinajstić information content (AvgIpc) is 3.12. The van der Waals surface area contributed by atoms with E-state index in [4.69, 9.17) is 4.74 Å². The van der Waals surface area contributed by atoms with Crippen LogP contribution in [0.5, 0.6) is 0 Å². The van der Waals surface area contributed by atoms with Crippen LogP contribution in [0.2, 0.25) is 0 Å². The molecule has 0 spiro atoms. The van der Waals surface area contributed by atoms with Gasteiger partial charge in [0.25, 0.3) is 5.91 Å². The Morgan fingerprint density at radius 2 is 2.22 bits per heavy atom. The van der Waals surface area contributed by atoms with Gasteiger partial charge in [0.2, 0.25) is 5.91 Å². The van der Waals surface area contributed by atoms with E-state index >= 15 is 0 Å². The van der Waals surface area contributed by atoms with Crippen molar-refractivity contribution in [1.29, 1.82) is 0 Å². The van der Waals surface area contributed by atoms with E-state index in [0.717, 1.165) is 32.2 Å². The van der Waals surface area contributed by atoms with Crippen LogP contribution in [0.25, 0.3) is 0 Å². The largest absolute Gasteiger partial charge is 0.363 e. The van der Waals surface area contributed by atoms with Crippen LogP contribution in [-0.4, -0.2) is 52.0 Å². The number of ether oxygens (including phenoxy) is 1. The zero-order chi connectivity index (χ0) is 18.9. The molecule has 0 saturated carbocycles. The second kappa shape index (κ2) is 7.38. The van der Waals surface area contributed by atoms with Gasteiger partial charge >= 0.3 is 0 Å². The summed E-state index contributed by atoms with van der Waals surface area (Å²) < 4.78 is 6.03. The van der Waals surface area contributed by atoms with Crippen LogP contribution in [0.1, 0.15) is 39.0 Å². The molecule has 2 fully saturated rings. The number of fused-ring (bicyclic) bond motifs is 1.